The average molecular weight is 302 g/mol. The molecule has 1 aromatic rings. The summed E-state index contributed by atoms with van der Waals surface area (Å²) < 4.78 is 5.67. The van der Waals surface area contributed by atoms with E-state index in [0.29, 0.717) is 29.8 Å². The van der Waals surface area contributed by atoms with E-state index in [2.05, 4.69) is 21.2 Å². The molecule has 17 heavy (non-hydrogen) atoms. The molecule has 0 bridgehead atoms. The van der Waals surface area contributed by atoms with Crippen molar-refractivity contribution >= 4 is 21.9 Å². The quantitative estimate of drug-likeness (QED) is 0.772. The summed E-state index contributed by atoms with van der Waals surface area (Å²) in [5.74, 6) is -0.971. The Morgan fingerprint density at radius 3 is 2.88 bits per heavy atom. The zero-order valence-corrected chi connectivity index (χ0v) is 10.5. The number of aromatic carboxylic acids is 1. The van der Waals surface area contributed by atoms with Crippen molar-refractivity contribution in [2.24, 2.45) is 0 Å². The lowest BCUT2D eigenvalue weighted by Gasteiger charge is -2.25. The molecule has 1 aromatic carbocycles. The van der Waals surface area contributed by atoms with E-state index in [4.69, 9.17) is 9.84 Å². The normalized spacial score (nSPS) is 20.2. The van der Waals surface area contributed by atoms with Crippen molar-refractivity contribution in [2.45, 2.75) is 6.04 Å². The van der Waals surface area contributed by atoms with Gasteiger partial charge in [-0.1, -0.05) is 0 Å². The smallest absolute Gasteiger partial charge is 0.335 e. The Morgan fingerprint density at radius 1 is 1.53 bits per heavy atom. The molecule has 1 fully saturated rings. The molecule has 3 N–H and O–H groups in total. The summed E-state index contributed by atoms with van der Waals surface area (Å²) in [6.07, 6.45) is 0. The maximum atomic E-state index is 10.9. The van der Waals surface area contributed by atoms with Gasteiger partial charge >= 0.3 is 5.97 Å². The Balaban J connectivity index is 2.40. The van der Waals surface area contributed by atoms with Crippen LogP contribution in [0, 0.1) is 0 Å². The van der Waals surface area contributed by atoms with E-state index in [0.717, 1.165) is 0 Å². The number of aromatic hydroxyl groups is 1. The lowest BCUT2D eigenvalue weighted by Crippen LogP contribution is -2.34. The third-order valence-electron chi connectivity index (χ3n) is 2.64. The van der Waals surface area contributed by atoms with Crippen LogP contribution in [0.15, 0.2) is 16.6 Å². The maximum Gasteiger partial charge on any atom is 0.335 e. The van der Waals surface area contributed by atoms with Crippen LogP contribution in [0.2, 0.25) is 0 Å². The molecule has 0 spiro atoms. The Kier molecular flexibility index (Phi) is 3.66. The first kappa shape index (κ1) is 12.3. The third-order valence-corrected chi connectivity index (χ3v) is 3.24. The van der Waals surface area contributed by atoms with Gasteiger partial charge in [0.2, 0.25) is 0 Å². The van der Waals surface area contributed by atoms with E-state index in [1.54, 1.807) is 0 Å². The first-order chi connectivity index (χ1) is 8.09. The number of carbonyl (C=O) groups is 1. The van der Waals surface area contributed by atoms with Gasteiger partial charge in [-0.05, 0) is 28.1 Å². The van der Waals surface area contributed by atoms with E-state index in [-0.39, 0.29) is 17.4 Å². The number of halogens is 1. The second kappa shape index (κ2) is 5.03. The van der Waals surface area contributed by atoms with Gasteiger partial charge < -0.3 is 20.3 Å². The fourth-order valence-corrected chi connectivity index (χ4v) is 2.25. The lowest BCUT2D eigenvalue weighted by molar-refractivity contribution is 0.0692. The van der Waals surface area contributed by atoms with E-state index >= 15 is 0 Å². The van der Waals surface area contributed by atoms with Crippen LogP contribution in [0.25, 0.3) is 0 Å². The minimum absolute atomic E-state index is 0.0537. The van der Waals surface area contributed by atoms with Crippen molar-refractivity contribution in [3.8, 4) is 5.75 Å². The number of ether oxygens (including phenoxy) is 1. The van der Waals surface area contributed by atoms with Gasteiger partial charge in [0.15, 0.2) is 0 Å². The number of hydrogen-bond acceptors (Lipinski definition) is 4. The minimum atomic E-state index is -1.02. The number of hydrogen-bond donors (Lipinski definition) is 3. The van der Waals surface area contributed by atoms with Gasteiger partial charge in [-0.2, -0.15) is 0 Å². The van der Waals surface area contributed by atoms with Crippen LogP contribution < -0.4 is 5.32 Å². The number of phenolic OH excluding ortho intramolecular Hbond substituents is 1. The highest BCUT2D eigenvalue weighted by Gasteiger charge is 2.22. The minimum Gasteiger partial charge on any atom is -0.506 e. The van der Waals surface area contributed by atoms with Crippen molar-refractivity contribution in [1.82, 2.24) is 5.32 Å². The molecule has 0 aromatic heterocycles. The van der Waals surface area contributed by atoms with Gasteiger partial charge in [0.05, 0.1) is 29.3 Å². The molecule has 0 unspecified atom stereocenters. The van der Waals surface area contributed by atoms with Crippen LogP contribution in [0.3, 0.4) is 0 Å². The standard InChI is InChI=1S/C11H12BrNO4/c12-8-4-6(11(15)16)3-7(10(8)14)9-5-17-2-1-13-9/h3-4,9,13-14H,1-2,5H2,(H,15,16)/t9-/m1/s1. The van der Waals surface area contributed by atoms with Crippen molar-refractivity contribution in [3.05, 3.63) is 27.7 Å². The number of morpholine rings is 1. The number of carboxylic acids is 1. The molecule has 5 nitrogen and oxygen atoms in total. The second-order valence-corrected chi connectivity index (χ2v) is 4.64. The number of phenols is 1. The van der Waals surface area contributed by atoms with Gasteiger partial charge in [0.1, 0.15) is 5.75 Å². The van der Waals surface area contributed by atoms with Gasteiger partial charge in [-0.15, -0.1) is 0 Å². The lowest BCUT2D eigenvalue weighted by atomic mass is 10.0. The Hall–Kier alpha value is -1.11. The molecule has 1 aliphatic heterocycles. The first-order valence-corrected chi connectivity index (χ1v) is 5.95. The van der Waals surface area contributed by atoms with Crippen LogP contribution in [0.4, 0.5) is 0 Å². The van der Waals surface area contributed by atoms with E-state index in [1.165, 1.54) is 12.1 Å². The predicted octanol–water partition coefficient (Wildman–Crippen LogP) is 1.51. The highest BCUT2D eigenvalue weighted by atomic mass is 79.9. The summed E-state index contributed by atoms with van der Waals surface area (Å²) in [6, 6.07) is 2.67. The molecule has 1 atom stereocenters. The zero-order valence-electron chi connectivity index (χ0n) is 8.94. The first-order valence-electron chi connectivity index (χ1n) is 5.16. The van der Waals surface area contributed by atoms with E-state index < -0.39 is 5.97 Å². The molecule has 0 amide bonds. The molecule has 1 aliphatic rings. The summed E-state index contributed by atoms with van der Waals surface area (Å²) in [5, 5.41) is 22.1. The Bertz CT molecular complexity index is 443. The van der Waals surface area contributed by atoms with E-state index in [9.17, 15) is 9.90 Å². The van der Waals surface area contributed by atoms with Crippen LogP contribution in [0.5, 0.6) is 5.75 Å². The molecular weight excluding hydrogens is 290 g/mol. The number of nitrogens with one attached hydrogen (secondary N) is 1. The third kappa shape index (κ3) is 2.59. The molecule has 92 valence electrons. The van der Waals surface area contributed by atoms with Crippen molar-refractivity contribution in [1.29, 1.82) is 0 Å². The van der Waals surface area contributed by atoms with Crippen molar-refractivity contribution < 1.29 is 19.7 Å². The van der Waals surface area contributed by atoms with Gasteiger partial charge in [-0.3, -0.25) is 0 Å². The maximum absolute atomic E-state index is 10.9. The zero-order chi connectivity index (χ0) is 12.4. The molecule has 1 saturated heterocycles. The number of rotatable bonds is 2. The fraction of sp³-hybridized carbons (Fsp3) is 0.364. The van der Waals surface area contributed by atoms with Crippen LogP contribution in [-0.4, -0.2) is 35.9 Å². The van der Waals surface area contributed by atoms with Gasteiger partial charge in [0.25, 0.3) is 0 Å². The Labute approximate surface area is 107 Å². The van der Waals surface area contributed by atoms with Crippen molar-refractivity contribution in [2.75, 3.05) is 19.8 Å². The molecule has 2 rings (SSSR count). The molecule has 0 saturated carbocycles. The van der Waals surface area contributed by atoms with Gasteiger partial charge in [0, 0.05) is 12.1 Å². The summed E-state index contributed by atoms with van der Waals surface area (Å²) >= 11 is 3.15. The summed E-state index contributed by atoms with van der Waals surface area (Å²) in [7, 11) is 0. The molecule has 0 radical (unpaired) electrons. The monoisotopic (exact) mass is 301 g/mol. The van der Waals surface area contributed by atoms with Crippen LogP contribution in [-0.2, 0) is 4.74 Å². The number of benzene rings is 1. The summed E-state index contributed by atoms with van der Waals surface area (Å²) in [6.45, 7) is 1.72. The Morgan fingerprint density at radius 2 is 2.29 bits per heavy atom. The molecule has 1 heterocycles. The average Bonchev–Trinajstić information content (AvgIpc) is 2.33. The van der Waals surface area contributed by atoms with Crippen LogP contribution in [0.1, 0.15) is 22.0 Å². The summed E-state index contributed by atoms with van der Waals surface area (Å²) in [4.78, 5) is 10.9. The molecule has 6 heteroatoms. The molecule has 0 aliphatic carbocycles. The van der Waals surface area contributed by atoms with Crippen molar-refractivity contribution in [3.63, 3.8) is 0 Å². The second-order valence-electron chi connectivity index (χ2n) is 3.78. The van der Waals surface area contributed by atoms with Gasteiger partial charge in [-0.25, -0.2) is 4.79 Å². The SMILES string of the molecule is O=C(O)c1cc(Br)c(O)c([C@H]2COCCN2)c1. The van der Waals surface area contributed by atoms with E-state index in [1.807, 2.05) is 0 Å². The fourth-order valence-electron chi connectivity index (χ4n) is 1.77. The highest BCUT2D eigenvalue weighted by Crippen LogP contribution is 2.34. The predicted molar refractivity (Wildman–Crippen MR) is 64.3 cm³/mol. The van der Waals surface area contributed by atoms with Crippen LogP contribution >= 0.6 is 15.9 Å². The highest BCUT2D eigenvalue weighted by molar-refractivity contribution is 9.10. The molecular formula is C11H12BrNO4. The largest absolute Gasteiger partial charge is 0.506 e. The summed E-state index contributed by atoms with van der Waals surface area (Å²) in [5.41, 5.74) is 0.675. The topological polar surface area (TPSA) is 78.8 Å². The number of carboxylic acid groups (broad SMARTS) is 1.